The predicted octanol–water partition coefficient (Wildman–Crippen LogP) is 3.53. The number of amides is 2. The maximum Gasteiger partial charge on any atom is 0.253 e. The van der Waals surface area contributed by atoms with E-state index >= 15 is 0 Å². The lowest BCUT2D eigenvalue weighted by molar-refractivity contribution is -0.111. The zero-order valence-electron chi connectivity index (χ0n) is 11.8. The first-order valence-electron chi connectivity index (χ1n) is 7.14. The lowest BCUT2D eigenvalue weighted by atomic mass is 9.95. The van der Waals surface area contributed by atoms with Gasteiger partial charge in [0.15, 0.2) is 0 Å². The van der Waals surface area contributed by atoms with Gasteiger partial charge in [-0.3, -0.25) is 9.59 Å². The Morgan fingerprint density at radius 3 is 2.62 bits per heavy atom. The monoisotopic (exact) mass is 306 g/mol. The van der Waals surface area contributed by atoms with E-state index in [2.05, 4.69) is 17.2 Å². The number of nitrogens with one attached hydrogen (secondary N) is 2. The van der Waals surface area contributed by atoms with Crippen LogP contribution in [0.15, 0.2) is 30.9 Å². The molecule has 0 saturated heterocycles. The summed E-state index contributed by atoms with van der Waals surface area (Å²) in [5, 5.41) is 6.01. The van der Waals surface area contributed by atoms with Crippen molar-refractivity contribution in [3.05, 3.63) is 41.4 Å². The van der Waals surface area contributed by atoms with Crippen LogP contribution in [0.2, 0.25) is 5.02 Å². The molecule has 0 radical (unpaired) electrons. The summed E-state index contributed by atoms with van der Waals surface area (Å²) >= 11 is 6.09. The van der Waals surface area contributed by atoms with Gasteiger partial charge in [-0.2, -0.15) is 0 Å². The topological polar surface area (TPSA) is 58.2 Å². The molecule has 2 rings (SSSR count). The van der Waals surface area contributed by atoms with Crippen molar-refractivity contribution in [2.24, 2.45) is 0 Å². The van der Waals surface area contributed by atoms with Crippen LogP contribution in [0.1, 0.15) is 42.5 Å². The van der Waals surface area contributed by atoms with Crippen molar-refractivity contribution in [1.82, 2.24) is 5.32 Å². The number of anilines is 1. The van der Waals surface area contributed by atoms with Gasteiger partial charge in [-0.1, -0.05) is 37.4 Å². The quantitative estimate of drug-likeness (QED) is 0.836. The Bertz CT molecular complexity index is 551. The van der Waals surface area contributed by atoms with Crippen LogP contribution in [-0.2, 0) is 4.79 Å². The molecule has 0 atom stereocenters. The fourth-order valence-electron chi connectivity index (χ4n) is 2.48. The fraction of sp³-hybridized carbons (Fsp3) is 0.375. The molecular formula is C16H19ClN2O2. The van der Waals surface area contributed by atoms with E-state index in [-0.39, 0.29) is 17.9 Å². The largest absolute Gasteiger partial charge is 0.349 e. The summed E-state index contributed by atoms with van der Waals surface area (Å²) in [5.41, 5.74) is 0.905. The lowest BCUT2D eigenvalue weighted by Gasteiger charge is -2.23. The molecule has 1 aliphatic carbocycles. The average molecular weight is 307 g/mol. The first-order chi connectivity index (χ1) is 10.1. The van der Waals surface area contributed by atoms with E-state index in [0.717, 1.165) is 25.7 Å². The molecule has 0 unspecified atom stereocenters. The highest BCUT2D eigenvalue weighted by atomic mass is 35.5. The molecular weight excluding hydrogens is 288 g/mol. The Morgan fingerprint density at radius 1 is 1.24 bits per heavy atom. The highest BCUT2D eigenvalue weighted by Gasteiger charge is 2.18. The smallest absolute Gasteiger partial charge is 0.253 e. The fourth-order valence-corrected chi connectivity index (χ4v) is 2.68. The van der Waals surface area contributed by atoms with Gasteiger partial charge >= 0.3 is 0 Å². The maximum atomic E-state index is 12.3. The Labute approximate surface area is 129 Å². The summed E-state index contributed by atoms with van der Waals surface area (Å²) < 4.78 is 0. The van der Waals surface area contributed by atoms with Crippen LogP contribution >= 0.6 is 11.6 Å². The van der Waals surface area contributed by atoms with E-state index < -0.39 is 0 Å². The highest BCUT2D eigenvalue weighted by molar-refractivity contribution is 6.34. The zero-order valence-corrected chi connectivity index (χ0v) is 12.6. The molecule has 1 aliphatic rings. The first-order valence-corrected chi connectivity index (χ1v) is 7.52. The summed E-state index contributed by atoms with van der Waals surface area (Å²) in [6, 6.07) is 5.06. The zero-order chi connectivity index (χ0) is 15.2. The van der Waals surface area contributed by atoms with Crippen molar-refractivity contribution >= 4 is 29.1 Å². The molecule has 1 saturated carbocycles. The summed E-state index contributed by atoms with van der Waals surface area (Å²) in [4.78, 5) is 23.6. The molecule has 0 spiro atoms. The molecule has 1 aromatic rings. The molecule has 1 fully saturated rings. The van der Waals surface area contributed by atoms with Gasteiger partial charge in [0.1, 0.15) is 0 Å². The van der Waals surface area contributed by atoms with E-state index in [1.165, 1.54) is 12.5 Å². The minimum atomic E-state index is -0.323. The van der Waals surface area contributed by atoms with Gasteiger partial charge < -0.3 is 10.6 Å². The third kappa shape index (κ3) is 4.33. The molecule has 1 aromatic carbocycles. The summed E-state index contributed by atoms with van der Waals surface area (Å²) in [5.74, 6) is -0.516. The van der Waals surface area contributed by atoms with E-state index in [1.54, 1.807) is 18.2 Å². The molecule has 0 aromatic heterocycles. The van der Waals surface area contributed by atoms with Gasteiger partial charge in [-0.25, -0.2) is 0 Å². The van der Waals surface area contributed by atoms with Gasteiger partial charge in [0.25, 0.3) is 5.91 Å². The van der Waals surface area contributed by atoms with Crippen molar-refractivity contribution in [3.63, 3.8) is 0 Å². The molecule has 112 valence electrons. The Kier molecular flexibility index (Phi) is 5.39. The molecule has 2 amide bonds. The minimum Gasteiger partial charge on any atom is -0.349 e. The Morgan fingerprint density at radius 2 is 1.95 bits per heavy atom. The van der Waals surface area contributed by atoms with Crippen molar-refractivity contribution in [2.45, 2.75) is 38.1 Å². The molecule has 2 N–H and O–H groups in total. The standard InChI is InChI=1S/C16H19ClN2O2/c1-2-15(20)18-12-8-9-14(17)13(10-12)16(21)19-11-6-4-3-5-7-11/h2,8-11H,1,3-7H2,(H,18,20)(H,19,21). The van der Waals surface area contributed by atoms with Gasteiger partial charge in [0.05, 0.1) is 10.6 Å². The number of halogens is 1. The summed E-state index contributed by atoms with van der Waals surface area (Å²) in [7, 11) is 0. The number of benzene rings is 1. The van der Waals surface area contributed by atoms with Crippen LogP contribution in [0, 0.1) is 0 Å². The van der Waals surface area contributed by atoms with Gasteiger partial charge in [0, 0.05) is 11.7 Å². The minimum absolute atomic E-state index is 0.193. The SMILES string of the molecule is C=CC(=O)Nc1ccc(Cl)c(C(=O)NC2CCCCC2)c1. The van der Waals surface area contributed by atoms with Crippen LogP contribution < -0.4 is 10.6 Å². The van der Waals surface area contributed by atoms with Crippen LogP contribution in [0.4, 0.5) is 5.69 Å². The number of carbonyl (C=O) groups excluding carboxylic acids is 2. The van der Waals surface area contributed by atoms with E-state index in [0.29, 0.717) is 16.3 Å². The molecule has 21 heavy (non-hydrogen) atoms. The third-order valence-corrected chi connectivity index (χ3v) is 3.93. The van der Waals surface area contributed by atoms with E-state index in [1.807, 2.05) is 0 Å². The Balaban J connectivity index is 2.09. The van der Waals surface area contributed by atoms with E-state index in [4.69, 9.17) is 11.6 Å². The van der Waals surface area contributed by atoms with Gasteiger partial charge in [0.2, 0.25) is 5.91 Å². The van der Waals surface area contributed by atoms with Crippen LogP contribution in [0.3, 0.4) is 0 Å². The highest BCUT2D eigenvalue weighted by Crippen LogP contribution is 2.22. The number of hydrogen-bond donors (Lipinski definition) is 2. The maximum absolute atomic E-state index is 12.3. The summed E-state index contributed by atoms with van der Waals surface area (Å²) in [6.45, 7) is 3.39. The van der Waals surface area contributed by atoms with Crippen molar-refractivity contribution in [1.29, 1.82) is 0 Å². The van der Waals surface area contributed by atoms with Crippen molar-refractivity contribution < 1.29 is 9.59 Å². The third-order valence-electron chi connectivity index (χ3n) is 3.60. The van der Waals surface area contributed by atoms with Crippen LogP contribution in [-0.4, -0.2) is 17.9 Å². The van der Waals surface area contributed by atoms with Crippen LogP contribution in [0.25, 0.3) is 0 Å². The number of hydrogen-bond acceptors (Lipinski definition) is 2. The Hall–Kier alpha value is -1.81. The van der Waals surface area contributed by atoms with Gasteiger partial charge in [-0.15, -0.1) is 0 Å². The first kappa shape index (κ1) is 15.6. The van der Waals surface area contributed by atoms with Gasteiger partial charge in [-0.05, 0) is 37.1 Å². The number of rotatable bonds is 4. The normalized spacial score (nSPS) is 15.3. The molecule has 5 heteroatoms. The molecule has 0 heterocycles. The summed E-state index contributed by atoms with van der Waals surface area (Å²) in [6.07, 6.45) is 6.72. The van der Waals surface area contributed by atoms with Crippen LogP contribution in [0.5, 0.6) is 0 Å². The van der Waals surface area contributed by atoms with Crippen molar-refractivity contribution in [3.8, 4) is 0 Å². The second-order valence-electron chi connectivity index (χ2n) is 5.20. The lowest BCUT2D eigenvalue weighted by Crippen LogP contribution is -2.36. The molecule has 0 bridgehead atoms. The van der Waals surface area contributed by atoms with E-state index in [9.17, 15) is 9.59 Å². The average Bonchev–Trinajstić information content (AvgIpc) is 2.50. The van der Waals surface area contributed by atoms with Crippen molar-refractivity contribution in [2.75, 3.05) is 5.32 Å². The number of carbonyl (C=O) groups is 2. The molecule has 4 nitrogen and oxygen atoms in total. The second-order valence-corrected chi connectivity index (χ2v) is 5.60. The predicted molar refractivity (Wildman–Crippen MR) is 84.6 cm³/mol. The molecule has 0 aliphatic heterocycles. The second kappa shape index (κ2) is 7.27.